The van der Waals surface area contributed by atoms with Crippen LogP contribution in [0.25, 0.3) is 11.0 Å². The fraction of sp³-hybridized carbons (Fsp3) is 0.308. The van der Waals surface area contributed by atoms with E-state index < -0.39 is 0 Å². The Balaban J connectivity index is 1.44. The van der Waals surface area contributed by atoms with E-state index >= 15 is 0 Å². The fourth-order valence-electron chi connectivity index (χ4n) is 4.93. The molecule has 1 unspecified atom stereocenters. The van der Waals surface area contributed by atoms with Crippen molar-refractivity contribution in [2.75, 3.05) is 18.0 Å². The summed E-state index contributed by atoms with van der Waals surface area (Å²) in [5, 5.41) is 4.47. The number of aliphatic imine (C=N–C) groups is 1. The number of nitrogens with two attached hydrogens (primary N) is 1. The topological polar surface area (TPSA) is 104 Å². The largest absolute Gasteiger partial charge is 0.454 e. The van der Waals surface area contributed by atoms with E-state index in [1.54, 1.807) is 6.20 Å². The van der Waals surface area contributed by atoms with E-state index in [-0.39, 0.29) is 18.1 Å². The van der Waals surface area contributed by atoms with Crippen molar-refractivity contribution in [1.82, 2.24) is 19.3 Å². The maximum absolute atomic E-state index is 13.7. The molecule has 0 aliphatic carbocycles. The van der Waals surface area contributed by atoms with Crippen LogP contribution in [0.5, 0.6) is 11.5 Å². The standard InChI is InChI=1S/C26H27N7O2/c1-2-32-24-20(30-26(32)31-13-7-8-17(27)15-31)14-28-33(25(24)34)16-21-18-9-3-5-11-22(18)35-23-12-6-4-10-19(23)29-21/h3-6,9-12,14,17H,2,7-8,13,15-16,27H2,1H3. The lowest BCUT2D eigenvalue weighted by Gasteiger charge is -2.31. The molecule has 0 saturated carbocycles. The van der Waals surface area contributed by atoms with Crippen LogP contribution in [0.1, 0.15) is 25.3 Å². The van der Waals surface area contributed by atoms with Crippen LogP contribution in [-0.4, -0.2) is 44.2 Å². The monoisotopic (exact) mass is 469 g/mol. The molecule has 0 radical (unpaired) electrons. The fourth-order valence-corrected chi connectivity index (χ4v) is 4.93. The molecular formula is C26H27N7O2. The lowest BCUT2D eigenvalue weighted by Crippen LogP contribution is -2.44. The van der Waals surface area contributed by atoms with E-state index in [0.29, 0.717) is 34.8 Å². The Morgan fingerprint density at radius 2 is 1.91 bits per heavy atom. The zero-order valence-corrected chi connectivity index (χ0v) is 19.6. The predicted octanol–water partition coefficient (Wildman–Crippen LogP) is 3.47. The van der Waals surface area contributed by atoms with Crippen molar-refractivity contribution in [2.24, 2.45) is 10.7 Å². The first-order valence-electron chi connectivity index (χ1n) is 12.0. The number of hydrogen-bond donors (Lipinski definition) is 1. The summed E-state index contributed by atoms with van der Waals surface area (Å²) in [6.07, 6.45) is 3.69. The van der Waals surface area contributed by atoms with E-state index in [1.807, 2.05) is 60.0 Å². The van der Waals surface area contributed by atoms with Crippen molar-refractivity contribution < 1.29 is 4.74 Å². The number of ether oxygens (including phenoxy) is 1. The normalized spacial score (nSPS) is 17.4. The molecule has 2 aromatic carbocycles. The number of rotatable bonds is 4. The van der Waals surface area contributed by atoms with Crippen molar-refractivity contribution >= 4 is 28.4 Å². The Labute approximate surface area is 202 Å². The van der Waals surface area contributed by atoms with Crippen LogP contribution in [0.4, 0.5) is 11.6 Å². The molecule has 2 aliphatic heterocycles. The van der Waals surface area contributed by atoms with Gasteiger partial charge in [0.15, 0.2) is 5.75 Å². The highest BCUT2D eigenvalue weighted by atomic mass is 16.5. The number of imidazole rings is 1. The average molecular weight is 470 g/mol. The van der Waals surface area contributed by atoms with Gasteiger partial charge in [0.05, 0.1) is 18.5 Å². The van der Waals surface area contributed by atoms with Crippen molar-refractivity contribution in [2.45, 2.75) is 38.9 Å². The smallest absolute Gasteiger partial charge is 0.293 e. The van der Waals surface area contributed by atoms with E-state index in [1.165, 1.54) is 4.68 Å². The molecule has 0 spiro atoms. The summed E-state index contributed by atoms with van der Waals surface area (Å²) >= 11 is 0. The molecule has 1 fully saturated rings. The number of aryl methyl sites for hydroxylation is 1. The van der Waals surface area contributed by atoms with Gasteiger partial charge in [-0.2, -0.15) is 5.10 Å². The number of benzene rings is 2. The number of piperidine rings is 1. The molecule has 9 nitrogen and oxygen atoms in total. The van der Waals surface area contributed by atoms with Gasteiger partial charge in [-0.1, -0.05) is 24.3 Å². The summed E-state index contributed by atoms with van der Waals surface area (Å²) in [5.41, 5.74) is 9.44. The molecule has 2 N–H and O–H groups in total. The second-order valence-corrected chi connectivity index (χ2v) is 8.97. The zero-order valence-electron chi connectivity index (χ0n) is 19.6. The molecule has 2 aromatic heterocycles. The van der Waals surface area contributed by atoms with Crippen molar-refractivity contribution in [3.05, 3.63) is 70.6 Å². The summed E-state index contributed by atoms with van der Waals surface area (Å²) < 4.78 is 9.58. The van der Waals surface area contributed by atoms with Gasteiger partial charge in [0.25, 0.3) is 5.56 Å². The molecule has 4 heterocycles. The highest BCUT2D eigenvalue weighted by molar-refractivity contribution is 6.05. The third kappa shape index (κ3) is 3.77. The Hall–Kier alpha value is -3.98. The number of nitrogens with zero attached hydrogens (tertiary/aromatic N) is 6. The summed E-state index contributed by atoms with van der Waals surface area (Å²) in [7, 11) is 0. The van der Waals surface area contributed by atoms with Gasteiger partial charge in [-0.05, 0) is 44.0 Å². The van der Waals surface area contributed by atoms with Gasteiger partial charge in [-0.15, -0.1) is 0 Å². The second-order valence-electron chi connectivity index (χ2n) is 8.97. The van der Waals surface area contributed by atoms with Crippen LogP contribution in [-0.2, 0) is 13.1 Å². The summed E-state index contributed by atoms with van der Waals surface area (Å²) in [4.78, 5) is 25.5. The number of anilines is 1. The van der Waals surface area contributed by atoms with Crippen LogP contribution in [0.2, 0.25) is 0 Å². The first kappa shape index (κ1) is 21.5. The van der Waals surface area contributed by atoms with Gasteiger partial charge < -0.3 is 19.9 Å². The highest BCUT2D eigenvalue weighted by Crippen LogP contribution is 2.37. The predicted molar refractivity (Wildman–Crippen MR) is 136 cm³/mol. The number of para-hydroxylation sites is 3. The molecule has 1 saturated heterocycles. The van der Waals surface area contributed by atoms with Gasteiger partial charge in [0, 0.05) is 31.2 Å². The SMILES string of the molecule is CCn1c(N2CCCC(N)C2)nc2cnn(CC3=Nc4ccccc4Oc4ccccc43)c(=O)c21. The van der Waals surface area contributed by atoms with Gasteiger partial charge in [-0.25, -0.2) is 14.7 Å². The third-order valence-electron chi connectivity index (χ3n) is 6.63. The van der Waals surface area contributed by atoms with E-state index in [2.05, 4.69) is 10.00 Å². The minimum atomic E-state index is -0.192. The number of fused-ring (bicyclic) bond motifs is 3. The molecule has 1 atom stereocenters. The average Bonchev–Trinajstić information content (AvgIpc) is 3.18. The highest BCUT2D eigenvalue weighted by Gasteiger charge is 2.25. The molecular weight excluding hydrogens is 442 g/mol. The molecule has 178 valence electrons. The zero-order chi connectivity index (χ0) is 23.9. The van der Waals surface area contributed by atoms with E-state index in [4.69, 9.17) is 20.4 Å². The lowest BCUT2D eigenvalue weighted by atomic mass is 10.1. The second kappa shape index (κ2) is 8.66. The number of aromatic nitrogens is 4. The third-order valence-corrected chi connectivity index (χ3v) is 6.63. The van der Waals surface area contributed by atoms with Crippen LogP contribution in [0, 0.1) is 0 Å². The molecule has 9 heteroatoms. The number of hydrogen-bond acceptors (Lipinski definition) is 7. The van der Waals surface area contributed by atoms with Gasteiger partial charge in [-0.3, -0.25) is 4.79 Å². The van der Waals surface area contributed by atoms with Gasteiger partial charge in [0.1, 0.15) is 22.5 Å². The Bertz CT molecular complexity index is 1500. The molecule has 35 heavy (non-hydrogen) atoms. The van der Waals surface area contributed by atoms with Crippen LogP contribution >= 0.6 is 0 Å². The molecule has 2 aliphatic rings. The Morgan fingerprint density at radius 3 is 2.74 bits per heavy atom. The van der Waals surface area contributed by atoms with Crippen LogP contribution < -0.4 is 20.9 Å². The summed E-state index contributed by atoms with van der Waals surface area (Å²) in [6.45, 7) is 4.48. The van der Waals surface area contributed by atoms with E-state index in [0.717, 1.165) is 43.1 Å². The first-order valence-corrected chi connectivity index (χ1v) is 12.0. The summed E-state index contributed by atoms with van der Waals surface area (Å²) in [5.74, 6) is 2.17. The molecule has 0 bridgehead atoms. The Kier molecular flexibility index (Phi) is 5.33. The van der Waals surface area contributed by atoms with E-state index in [9.17, 15) is 4.79 Å². The van der Waals surface area contributed by atoms with Crippen LogP contribution in [0.15, 0.2) is 64.5 Å². The van der Waals surface area contributed by atoms with Crippen LogP contribution in [0.3, 0.4) is 0 Å². The Morgan fingerprint density at radius 1 is 1.11 bits per heavy atom. The first-order chi connectivity index (χ1) is 17.1. The maximum Gasteiger partial charge on any atom is 0.293 e. The lowest BCUT2D eigenvalue weighted by molar-refractivity contribution is 0.484. The van der Waals surface area contributed by atoms with Crippen molar-refractivity contribution in [1.29, 1.82) is 0 Å². The summed E-state index contributed by atoms with van der Waals surface area (Å²) in [6, 6.07) is 15.5. The van der Waals surface area contributed by atoms with Crippen molar-refractivity contribution in [3.63, 3.8) is 0 Å². The molecule has 6 rings (SSSR count). The quantitative estimate of drug-likeness (QED) is 0.491. The van der Waals surface area contributed by atoms with Gasteiger partial charge >= 0.3 is 0 Å². The minimum Gasteiger partial charge on any atom is -0.454 e. The van der Waals surface area contributed by atoms with Crippen molar-refractivity contribution in [3.8, 4) is 11.5 Å². The molecule has 4 aromatic rings. The minimum absolute atomic E-state index is 0.113. The maximum atomic E-state index is 13.7. The van der Waals surface area contributed by atoms with Gasteiger partial charge in [0.2, 0.25) is 5.95 Å². The molecule has 0 amide bonds.